The van der Waals surface area contributed by atoms with Gasteiger partial charge in [0.15, 0.2) is 0 Å². The Kier molecular flexibility index (Phi) is 3.19. The SMILES string of the molecule is C#Cc1ccc(C2CC2)c(N(CC)CC)c1. The molecule has 0 N–H and O–H groups in total. The maximum Gasteiger partial charge on any atom is 0.0413 e. The first-order valence-electron chi connectivity index (χ1n) is 6.15. The standard InChI is InChI=1S/C15H19N/c1-4-12-7-10-14(13-8-9-13)15(11-12)16(5-2)6-3/h1,7,10-11,13H,5-6,8-9H2,2-3H3. The summed E-state index contributed by atoms with van der Waals surface area (Å²) >= 11 is 0. The van der Waals surface area contributed by atoms with Crippen molar-refractivity contribution < 1.29 is 0 Å². The van der Waals surface area contributed by atoms with Crippen LogP contribution in [-0.4, -0.2) is 13.1 Å². The summed E-state index contributed by atoms with van der Waals surface area (Å²) in [7, 11) is 0. The maximum absolute atomic E-state index is 5.48. The Balaban J connectivity index is 2.41. The number of nitrogens with zero attached hydrogens (tertiary/aromatic N) is 1. The summed E-state index contributed by atoms with van der Waals surface area (Å²) in [6.07, 6.45) is 8.15. The molecule has 0 aromatic heterocycles. The number of hydrogen-bond acceptors (Lipinski definition) is 1. The molecule has 0 bridgehead atoms. The highest BCUT2D eigenvalue weighted by molar-refractivity contribution is 5.60. The Labute approximate surface area is 98.5 Å². The maximum atomic E-state index is 5.48. The van der Waals surface area contributed by atoms with E-state index in [0.29, 0.717) is 0 Å². The Morgan fingerprint density at radius 2 is 2.00 bits per heavy atom. The number of terminal acetylenes is 1. The summed E-state index contributed by atoms with van der Waals surface area (Å²) in [6.45, 7) is 6.49. The quantitative estimate of drug-likeness (QED) is 0.693. The average molecular weight is 213 g/mol. The molecule has 1 aromatic carbocycles. The van der Waals surface area contributed by atoms with Crippen LogP contribution in [0.5, 0.6) is 0 Å². The van der Waals surface area contributed by atoms with Crippen molar-refractivity contribution in [1.82, 2.24) is 0 Å². The lowest BCUT2D eigenvalue weighted by molar-refractivity contribution is 0.854. The van der Waals surface area contributed by atoms with Gasteiger partial charge in [-0.2, -0.15) is 0 Å². The van der Waals surface area contributed by atoms with Crippen molar-refractivity contribution in [3.8, 4) is 12.3 Å². The summed E-state index contributed by atoms with van der Waals surface area (Å²) in [5.74, 6) is 3.51. The van der Waals surface area contributed by atoms with Gasteiger partial charge in [0.05, 0.1) is 0 Å². The van der Waals surface area contributed by atoms with Gasteiger partial charge in [-0.3, -0.25) is 0 Å². The second kappa shape index (κ2) is 4.61. The van der Waals surface area contributed by atoms with Gasteiger partial charge in [-0.15, -0.1) is 6.42 Å². The molecule has 1 aromatic rings. The van der Waals surface area contributed by atoms with Crippen LogP contribution >= 0.6 is 0 Å². The Morgan fingerprint density at radius 3 is 2.50 bits per heavy atom. The third kappa shape index (κ3) is 2.07. The summed E-state index contributed by atoms with van der Waals surface area (Å²) in [6, 6.07) is 6.46. The molecule has 0 unspecified atom stereocenters. The predicted octanol–water partition coefficient (Wildman–Crippen LogP) is 3.39. The van der Waals surface area contributed by atoms with E-state index >= 15 is 0 Å². The fourth-order valence-electron chi connectivity index (χ4n) is 2.21. The minimum absolute atomic E-state index is 0.780. The molecule has 1 saturated carbocycles. The van der Waals surface area contributed by atoms with E-state index in [9.17, 15) is 0 Å². The van der Waals surface area contributed by atoms with Crippen LogP contribution < -0.4 is 4.90 Å². The Hall–Kier alpha value is -1.42. The molecular formula is C15H19N. The van der Waals surface area contributed by atoms with E-state index < -0.39 is 0 Å². The van der Waals surface area contributed by atoms with Crippen LogP contribution in [0.25, 0.3) is 0 Å². The lowest BCUT2D eigenvalue weighted by Crippen LogP contribution is -2.23. The highest BCUT2D eigenvalue weighted by Gasteiger charge is 2.27. The van der Waals surface area contributed by atoms with Crippen molar-refractivity contribution in [2.45, 2.75) is 32.6 Å². The van der Waals surface area contributed by atoms with Crippen LogP contribution in [0, 0.1) is 12.3 Å². The van der Waals surface area contributed by atoms with E-state index in [-0.39, 0.29) is 0 Å². The van der Waals surface area contributed by atoms with Crippen molar-refractivity contribution >= 4 is 5.69 Å². The molecule has 0 amide bonds. The van der Waals surface area contributed by atoms with Crippen LogP contribution in [-0.2, 0) is 0 Å². The second-order valence-corrected chi connectivity index (χ2v) is 4.36. The van der Waals surface area contributed by atoms with Gasteiger partial charge < -0.3 is 4.90 Å². The molecule has 1 heteroatoms. The zero-order valence-electron chi connectivity index (χ0n) is 10.2. The van der Waals surface area contributed by atoms with Gasteiger partial charge in [0, 0.05) is 24.3 Å². The fourth-order valence-corrected chi connectivity index (χ4v) is 2.21. The van der Waals surface area contributed by atoms with E-state index in [1.807, 2.05) is 0 Å². The van der Waals surface area contributed by atoms with Gasteiger partial charge in [0.2, 0.25) is 0 Å². The molecular weight excluding hydrogens is 194 g/mol. The monoisotopic (exact) mass is 213 g/mol. The summed E-state index contributed by atoms with van der Waals surface area (Å²) in [4.78, 5) is 2.40. The molecule has 0 spiro atoms. The molecule has 2 rings (SSSR count). The molecule has 1 fully saturated rings. The highest BCUT2D eigenvalue weighted by atomic mass is 15.1. The predicted molar refractivity (Wildman–Crippen MR) is 69.9 cm³/mol. The molecule has 84 valence electrons. The average Bonchev–Trinajstić information content (AvgIpc) is 3.14. The second-order valence-electron chi connectivity index (χ2n) is 4.36. The minimum atomic E-state index is 0.780. The van der Waals surface area contributed by atoms with Crippen LogP contribution in [0.2, 0.25) is 0 Å². The molecule has 0 heterocycles. The normalized spacial score (nSPS) is 14.6. The number of hydrogen-bond donors (Lipinski definition) is 0. The fraction of sp³-hybridized carbons (Fsp3) is 0.467. The summed E-state index contributed by atoms with van der Waals surface area (Å²) in [5.41, 5.74) is 3.83. The topological polar surface area (TPSA) is 3.24 Å². The van der Waals surface area contributed by atoms with Crippen LogP contribution in [0.15, 0.2) is 18.2 Å². The molecule has 1 nitrogen and oxygen atoms in total. The van der Waals surface area contributed by atoms with Crippen molar-refractivity contribution in [1.29, 1.82) is 0 Å². The van der Waals surface area contributed by atoms with E-state index in [1.165, 1.54) is 24.1 Å². The van der Waals surface area contributed by atoms with Gasteiger partial charge in [0.25, 0.3) is 0 Å². The van der Waals surface area contributed by atoms with Gasteiger partial charge in [-0.25, -0.2) is 0 Å². The van der Waals surface area contributed by atoms with Crippen molar-refractivity contribution in [3.63, 3.8) is 0 Å². The first-order valence-corrected chi connectivity index (χ1v) is 6.15. The van der Waals surface area contributed by atoms with Gasteiger partial charge in [0.1, 0.15) is 0 Å². The largest absolute Gasteiger partial charge is 0.372 e. The highest BCUT2D eigenvalue weighted by Crippen LogP contribution is 2.44. The van der Waals surface area contributed by atoms with Crippen LogP contribution in [0.1, 0.15) is 43.7 Å². The van der Waals surface area contributed by atoms with E-state index in [0.717, 1.165) is 24.6 Å². The zero-order chi connectivity index (χ0) is 11.5. The Morgan fingerprint density at radius 1 is 1.31 bits per heavy atom. The number of anilines is 1. The number of rotatable bonds is 4. The molecule has 1 aliphatic carbocycles. The molecule has 1 aliphatic rings. The Bertz CT molecular complexity index is 406. The van der Waals surface area contributed by atoms with E-state index in [2.05, 4.69) is 42.9 Å². The molecule has 0 radical (unpaired) electrons. The molecule has 16 heavy (non-hydrogen) atoms. The van der Waals surface area contributed by atoms with E-state index in [1.54, 1.807) is 0 Å². The summed E-state index contributed by atoms with van der Waals surface area (Å²) < 4.78 is 0. The zero-order valence-corrected chi connectivity index (χ0v) is 10.2. The smallest absolute Gasteiger partial charge is 0.0413 e. The first kappa shape index (κ1) is 11.1. The summed E-state index contributed by atoms with van der Waals surface area (Å²) in [5, 5.41) is 0. The van der Waals surface area contributed by atoms with Gasteiger partial charge in [-0.1, -0.05) is 12.0 Å². The third-order valence-electron chi connectivity index (χ3n) is 3.32. The first-order chi connectivity index (χ1) is 7.80. The van der Waals surface area contributed by atoms with Crippen LogP contribution in [0.3, 0.4) is 0 Å². The lowest BCUT2D eigenvalue weighted by Gasteiger charge is -2.24. The molecule has 0 atom stereocenters. The van der Waals surface area contributed by atoms with Gasteiger partial charge >= 0.3 is 0 Å². The molecule has 0 aliphatic heterocycles. The minimum Gasteiger partial charge on any atom is -0.372 e. The van der Waals surface area contributed by atoms with Crippen molar-refractivity contribution in [3.05, 3.63) is 29.3 Å². The number of benzene rings is 1. The van der Waals surface area contributed by atoms with Crippen molar-refractivity contribution in [2.75, 3.05) is 18.0 Å². The lowest BCUT2D eigenvalue weighted by atomic mass is 10.0. The molecule has 0 saturated heterocycles. The van der Waals surface area contributed by atoms with E-state index in [4.69, 9.17) is 6.42 Å². The third-order valence-corrected chi connectivity index (χ3v) is 3.32. The van der Waals surface area contributed by atoms with Crippen molar-refractivity contribution in [2.24, 2.45) is 0 Å². The van der Waals surface area contributed by atoms with Crippen LogP contribution in [0.4, 0.5) is 5.69 Å². The van der Waals surface area contributed by atoms with Gasteiger partial charge in [-0.05, 0) is 50.3 Å².